The fraction of sp³-hybridized carbons (Fsp3) is 0.357. The highest BCUT2D eigenvalue weighted by atomic mass is 31.1. The number of halogens is 3. The van der Waals surface area contributed by atoms with E-state index in [-0.39, 0.29) is 11.2 Å². The van der Waals surface area contributed by atoms with Gasteiger partial charge in [-0.2, -0.15) is 13.2 Å². The van der Waals surface area contributed by atoms with Gasteiger partial charge in [0.2, 0.25) is 0 Å². The lowest BCUT2D eigenvalue weighted by Crippen LogP contribution is -2.10. The summed E-state index contributed by atoms with van der Waals surface area (Å²) in [4.78, 5) is 13.2. The first-order valence-electron chi connectivity index (χ1n) is 6.90. The zero-order valence-corrected chi connectivity index (χ0v) is 14.0. The summed E-state index contributed by atoms with van der Waals surface area (Å²) in [5.41, 5.74) is 3.46. The number of H-pyrrole nitrogens is 1. The Morgan fingerprint density at radius 2 is 1.83 bits per heavy atom. The van der Waals surface area contributed by atoms with Gasteiger partial charge < -0.3 is 19.8 Å². The molecule has 0 spiro atoms. The van der Waals surface area contributed by atoms with Crippen molar-refractivity contribution in [1.29, 1.82) is 0 Å². The van der Waals surface area contributed by atoms with Gasteiger partial charge in [-0.25, -0.2) is 0 Å². The number of rotatable bonds is 4. The molecule has 0 saturated carbocycles. The molecule has 24 heavy (non-hydrogen) atoms. The molecule has 6 nitrogen and oxygen atoms in total. The monoisotopic (exact) mass is 365 g/mol. The van der Waals surface area contributed by atoms with Crippen molar-refractivity contribution >= 4 is 24.8 Å². The molecule has 0 aliphatic heterocycles. The first-order valence-corrected chi connectivity index (χ1v) is 8.12. The van der Waals surface area contributed by atoms with E-state index < -0.39 is 25.6 Å². The average molecular weight is 365 g/mol. The van der Waals surface area contributed by atoms with Crippen LogP contribution in [0.1, 0.15) is 19.4 Å². The first kappa shape index (κ1) is 20.2. The van der Waals surface area contributed by atoms with Crippen LogP contribution >= 0.6 is 8.25 Å². The maximum Gasteiger partial charge on any atom is 0.418 e. The average Bonchev–Trinajstić information content (AvgIpc) is 2.47. The van der Waals surface area contributed by atoms with Crippen molar-refractivity contribution < 1.29 is 26.8 Å². The molecule has 2 aromatic rings. The molecule has 0 atom stereocenters. The van der Waals surface area contributed by atoms with Gasteiger partial charge in [-0.1, -0.05) is 0 Å². The van der Waals surface area contributed by atoms with Crippen LogP contribution in [0.3, 0.4) is 0 Å². The van der Waals surface area contributed by atoms with E-state index in [0.717, 1.165) is 12.1 Å². The van der Waals surface area contributed by atoms with Gasteiger partial charge in [0.05, 0.1) is 24.8 Å². The summed E-state index contributed by atoms with van der Waals surface area (Å²) in [6, 6.07) is 5.58. The summed E-state index contributed by atoms with van der Waals surface area (Å²) < 4.78 is 57.1. The Hall–Kier alpha value is -1.83. The van der Waals surface area contributed by atoms with Crippen LogP contribution in [0.4, 0.5) is 18.9 Å². The molecular formula is C14H17F3N2O4P. The number of pyridine rings is 1. The van der Waals surface area contributed by atoms with Crippen LogP contribution < -0.4 is 11.3 Å². The van der Waals surface area contributed by atoms with E-state index in [2.05, 4.69) is 20.1 Å². The van der Waals surface area contributed by atoms with Crippen molar-refractivity contribution in [2.45, 2.75) is 20.0 Å². The Morgan fingerprint density at radius 3 is 2.33 bits per heavy atom. The zero-order valence-electron chi connectivity index (χ0n) is 13.0. The fourth-order valence-electron chi connectivity index (χ4n) is 1.69. The minimum atomic E-state index is -4.53. The predicted octanol–water partition coefficient (Wildman–Crippen LogP) is 3.38. The standard InChI is InChI=1S/C10H6F3N2O.C4H11O3P/c11-10(12,13)6-4-8-5(3-7(6)14)1-2-9(16)15-8;1-3-6-8(5)7-4-2/h1,3-4H,14H2,(H,15,16);8H,3-4H2,1-2H3. The van der Waals surface area contributed by atoms with E-state index in [1.807, 2.05) is 0 Å². The van der Waals surface area contributed by atoms with Crippen LogP contribution in [0.5, 0.6) is 0 Å². The molecule has 0 amide bonds. The third-order valence-corrected chi connectivity index (χ3v) is 3.71. The van der Waals surface area contributed by atoms with Crippen LogP contribution in [0, 0.1) is 6.07 Å². The number of nitrogen functional groups attached to an aromatic ring is 1. The normalized spacial score (nSPS) is 11.4. The van der Waals surface area contributed by atoms with Crippen molar-refractivity contribution in [3.05, 3.63) is 40.2 Å². The van der Waals surface area contributed by atoms with Crippen LogP contribution in [-0.4, -0.2) is 18.2 Å². The molecule has 0 saturated heterocycles. The molecule has 1 heterocycles. The summed E-state index contributed by atoms with van der Waals surface area (Å²) in [6.45, 7) is 4.47. The first-order chi connectivity index (χ1) is 11.2. The van der Waals surface area contributed by atoms with Crippen molar-refractivity contribution in [2.24, 2.45) is 0 Å². The lowest BCUT2D eigenvalue weighted by molar-refractivity contribution is -0.136. The number of anilines is 1. The third-order valence-electron chi connectivity index (χ3n) is 2.66. The van der Waals surface area contributed by atoms with E-state index in [4.69, 9.17) is 5.73 Å². The van der Waals surface area contributed by atoms with Crippen molar-refractivity contribution in [3.63, 3.8) is 0 Å². The van der Waals surface area contributed by atoms with E-state index >= 15 is 0 Å². The number of benzene rings is 1. The van der Waals surface area contributed by atoms with E-state index in [0.29, 0.717) is 18.6 Å². The van der Waals surface area contributed by atoms with Gasteiger partial charge in [0.1, 0.15) is 0 Å². The molecule has 0 fully saturated rings. The Morgan fingerprint density at radius 1 is 1.25 bits per heavy atom. The highest BCUT2D eigenvalue weighted by Gasteiger charge is 2.33. The molecule has 0 unspecified atom stereocenters. The molecule has 1 aromatic heterocycles. The van der Waals surface area contributed by atoms with E-state index in [9.17, 15) is 22.5 Å². The van der Waals surface area contributed by atoms with Crippen molar-refractivity contribution in [1.82, 2.24) is 4.98 Å². The highest BCUT2D eigenvalue weighted by molar-refractivity contribution is 7.33. The van der Waals surface area contributed by atoms with E-state index in [1.54, 1.807) is 13.8 Å². The van der Waals surface area contributed by atoms with Crippen LogP contribution in [0.2, 0.25) is 0 Å². The van der Waals surface area contributed by atoms with Gasteiger partial charge in [0.25, 0.3) is 5.56 Å². The summed E-state index contributed by atoms with van der Waals surface area (Å²) in [5, 5.41) is 0.408. The topological polar surface area (TPSA) is 94.4 Å². The van der Waals surface area contributed by atoms with E-state index in [1.165, 1.54) is 6.07 Å². The molecule has 3 N–H and O–H groups in total. The minimum absolute atomic E-state index is 0.0882. The van der Waals surface area contributed by atoms with Crippen LogP contribution in [0.25, 0.3) is 10.9 Å². The van der Waals surface area contributed by atoms with Gasteiger partial charge in [-0.3, -0.25) is 9.36 Å². The van der Waals surface area contributed by atoms with Crippen molar-refractivity contribution in [2.75, 3.05) is 18.9 Å². The predicted molar refractivity (Wildman–Crippen MR) is 85.1 cm³/mol. The molecule has 1 aromatic carbocycles. The molecule has 0 bridgehead atoms. The molecule has 0 aliphatic carbocycles. The number of fused-ring (bicyclic) bond motifs is 1. The highest BCUT2D eigenvalue weighted by Crippen LogP contribution is 2.35. The largest absolute Gasteiger partial charge is 0.418 e. The summed E-state index contributed by atoms with van der Waals surface area (Å²) in [6.07, 6.45) is -4.53. The maximum absolute atomic E-state index is 12.5. The second-order valence-electron chi connectivity index (χ2n) is 4.38. The van der Waals surface area contributed by atoms with Gasteiger partial charge in [0.15, 0.2) is 0 Å². The van der Waals surface area contributed by atoms with Crippen LogP contribution in [-0.2, 0) is 19.8 Å². The number of nitrogens with one attached hydrogen (secondary N) is 1. The lowest BCUT2D eigenvalue weighted by Gasteiger charge is -2.10. The molecule has 10 heteroatoms. The number of aromatic nitrogens is 1. The maximum atomic E-state index is 12.5. The molecular weight excluding hydrogens is 348 g/mol. The van der Waals surface area contributed by atoms with Gasteiger partial charge >= 0.3 is 14.4 Å². The lowest BCUT2D eigenvalue weighted by atomic mass is 10.1. The van der Waals surface area contributed by atoms with Crippen molar-refractivity contribution in [3.8, 4) is 0 Å². The number of nitrogens with two attached hydrogens (primary N) is 1. The smallest absolute Gasteiger partial charge is 0.398 e. The van der Waals surface area contributed by atoms with Gasteiger partial charge in [-0.15, -0.1) is 0 Å². The summed E-state index contributed by atoms with van der Waals surface area (Å²) in [7, 11) is -2.14. The Labute approximate surface area is 136 Å². The Bertz CT molecular complexity index is 754. The minimum Gasteiger partial charge on any atom is -0.398 e. The third kappa shape index (κ3) is 5.99. The second-order valence-corrected chi connectivity index (χ2v) is 5.46. The van der Waals surface area contributed by atoms with Gasteiger partial charge in [-0.05, 0) is 32.0 Å². The quantitative estimate of drug-likeness (QED) is 0.640. The molecule has 2 rings (SSSR count). The summed E-state index contributed by atoms with van der Waals surface area (Å²) >= 11 is 0. The Balaban J connectivity index is 0.000000307. The number of alkyl halides is 3. The number of hydrogen-bond acceptors (Lipinski definition) is 5. The number of hydrogen-bond donors (Lipinski definition) is 2. The molecule has 133 valence electrons. The Kier molecular flexibility index (Phi) is 7.47. The number of aromatic amines is 1. The molecule has 1 radical (unpaired) electrons. The van der Waals surface area contributed by atoms with Gasteiger partial charge in [0, 0.05) is 16.6 Å². The molecule has 0 aliphatic rings. The second kappa shape index (κ2) is 8.86. The summed E-state index contributed by atoms with van der Waals surface area (Å²) in [5.74, 6) is 0. The fourth-order valence-corrected chi connectivity index (χ4v) is 2.24. The van der Waals surface area contributed by atoms with Crippen LogP contribution in [0.15, 0.2) is 23.0 Å². The zero-order chi connectivity index (χ0) is 18.3. The SMILES string of the molecule is CCO[PH](=O)OCC.Nc1cc2c[c]c(=O)[nH]c2cc1C(F)(F)F.